The maximum atomic E-state index is 14.3. The van der Waals surface area contributed by atoms with Gasteiger partial charge in [0.05, 0.1) is 17.6 Å². The first kappa shape index (κ1) is 16.4. The first-order valence-corrected chi connectivity index (χ1v) is 7.14. The van der Waals surface area contributed by atoms with Crippen molar-refractivity contribution in [2.24, 2.45) is 5.92 Å². The summed E-state index contributed by atoms with van der Waals surface area (Å²) in [6.45, 7) is 3.04. The molecular formula is C16H19FO5. The van der Waals surface area contributed by atoms with Gasteiger partial charge in [-0.25, -0.2) is 4.39 Å². The van der Waals surface area contributed by atoms with Crippen molar-refractivity contribution in [3.05, 3.63) is 29.1 Å². The molecule has 0 amide bonds. The van der Waals surface area contributed by atoms with Crippen molar-refractivity contribution in [2.45, 2.75) is 38.7 Å². The van der Waals surface area contributed by atoms with Gasteiger partial charge in [0.25, 0.3) is 0 Å². The molecule has 5 nitrogen and oxygen atoms in total. The Morgan fingerprint density at radius 2 is 2.05 bits per heavy atom. The lowest BCUT2D eigenvalue weighted by atomic mass is 9.94. The molecule has 1 fully saturated rings. The van der Waals surface area contributed by atoms with Crippen molar-refractivity contribution in [1.82, 2.24) is 0 Å². The molecule has 1 unspecified atom stereocenters. The number of aliphatic hydroxyl groups is 1. The van der Waals surface area contributed by atoms with E-state index in [0.29, 0.717) is 12.8 Å². The quantitative estimate of drug-likeness (QED) is 0.755. The third-order valence-corrected chi connectivity index (χ3v) is 3.85. The van der Waals surface area contributed by atoms with Crippen LogP contribution in [0.25, 0.3) is 0 Å². The fourth-order valence-corrected chi connectivity index (χ4v) is 2.13. The van der Waals surface area contributed by atoms with E-state index in [1.54, 1.807) is 0 Å². The third-order valence-electron chi connectivity index (χ3n) is 3.85. The second-order valence-corrected chi connectivity index (χ2v) is 5.93. The molecule has 0 spiro atoms. The van der Waals surface area contributed by atoms with Crippen molar-refractivity contribution in [3.8, 4) is 5.75 Å². The Kier molecular flexibility index (Phi) is 4.51. The van der Waals surface area contributed by atoms with E-state index in [2.05, 4.69) is 0 Å². The summed E-state index contributed by atoms with van der Waals surface area (Å²) in [7, 11) is 0. The predicted molar refractivity (Wildman–Crippen MR) is 76.6 cm³/mol. The summed E-state index contributed by atoms with van der Waals surface area (Å²) in [5.41, 5.74) is -0.769. The minimum atomic E-state index is -1.10. The number of carboxylic acid groups (broad SMARTS) is 1. The Balaban J connectivity index is 2.15. The Labute approximate surface area is 127 Å². The summed E-state index contributed by atoms with van der Waals surface area (Å²) >= 11 is 0. The van der Waals surface area contributed by atoms with Gasteiger partial charge in [-0.05, 0) is 31.9 Å². The van der Waals surface area contributed by atoms with Gasteiger partial charge in [-0.3, -0.25) is 9.59 Å². The van der Waals surface area contributed by atoms with Crippen LogP contribution in [-0.4, -0.2) is 34.2 Å². The van der Waals surface area contributed by atoms with Crippen LogP contribution < -0.4 is 4.74 Å². The van der Waals surface area contributed by atoms with E-state index in [1.807, 2.05) is 0 Å². The van der Waals surface area contributed by atoms with Crippen molar-refractivity contribution < 1.29 is 28.9 Å². The second kappa shape index (κ2) is 6.04. The molecule has 1 atom stereocenters. The number of ether oxygens (including phenoxy) is 1. The lowest BCUT2D eigenvalue weighted by Crippen LogP contribution is -2.20. The number of carbonyl (C=O) groups excluding carboxylic acids is 1. The average Bonchev–Trinajstić information content (AvgIpc) is 3.17. The number of Topliss-reactive ketones (excluding diaryl/α,β-unsaturated/α-hetero) is 1. The maximum Gasteiger partial charge on any atom is 0.304 e. The van der Waals surface area contributed by atoms with Crippen LogP contribution >= 0.6 is 0 Å². The molecule has 0 aliphatic heterocycles. The van der Waals surface area contributed by atoms with E-state index in [0.717, 1.165) is 0 Å². The summed E-state index contributed by atoms with van der Waals surface area (Å²) in [6, 6.07) is 2.78. The lowest BCUT2D eigenvalue weighted by Gasteiger charge is -2.15. The molecule has 1 aromatic rings. The summed E-state index contributed by atoms with van der Waals surface area (Å²) in [5.74, 6) is -2.88. The molecule has 1 aromatic carbocycles. The molecule has 2 N–H and O–H groups in total. The first-order chi connectivity index (χ1) is 10.2. The molecule has 0 bridgehead atoms. The number of hydrogen-bond donors (Lipinski definition) is 2. The van der Waals surface area contributed by atoms with Gasteiger partial charge < -0.3 is 14.9 Å². The second-order valence-electron chi connectivity index (χ2n) is 5.93. The smallest absolute Gasteiger partial charge is 0.304 e. The van der Waals surface area contributed by atoms with E-state index < -0.39 is 29.1 Å². The zero-order valence-corrected chi connectivity index (χ0v) is 12.6. The number of carboxylic acids is 1. The maximum absolute atomic E-state index is 14.3. The Morgan fingerprint density at radius 3 is 2.59 bits per heavy atom. The van der Waals surface area contributed by atoms with Gasteiger partial charge in [0.15, 0.2) is 5.78 Å². The third kappa shape index (κ3) is 3.62. The molecule has 1 aliphatic carbocycles. The molecule has 22 heavy (non-hydrogen) atoms. The molecule has 0 saturated heterocycles. The van der Waals surface area contributed by atoms with Gasteiger partial charge in [-0.1, -0.05) is 6.92 Å². The largest absolute Gasteiger partial charge is 0.490 e. The molecule has 1 aliphatic rings. The van der Waals surface area contributed by atoms with E-state index in [9.17, 15) is 19.1 Å². The standard InChI is InChI=1S/C16H19FO5/c1-9(7-13(18)19)15(20)11-3-4-12(10(2)14(11)17)22-8-16(21)5-6-16/h3-4,9,21H,5-8H2,1-2H3,(H,18,19). The molecule has 2 rings (SSSR count). The Hall–Kier alpha value is -1.95. The zero-order chi connectivity index (χ0) is 16.5. The summed E-state index contributed by atoms with van der Waals surface area (Å²) < 4.78 is 19.7. The minimum Gasteiger partial charge on any atom is -0.490 e. The Morgan fingerprint density at radius 1 is 1.41 bits per heavy atom. The fraction of sp³-hybridized carbons (Fsp3) is 0.500. The monoisotopic (exact) mass is 310 g/mol. The number of halogens is 1. The summed E-state index contributed by atoms with van der Waals surface area (Å²) in [5, 5.41) is 18.4. The highest BCUT2D eigenvalue weighted by atomic mass is 19.1. The summed E-state index contributed by atoms with van der Waals surface area (Å²) in [6.07, 6.45) is 0.984. The molecule has 120 valence electrons. The summed E-state index contributed by atoms with van der Waals surface area (Å²) in [4.78, 5) is 22.8. The van der Waals surface area contributed by atoms with Crippen molar-refractivity contribution >= 4 is 11.8 Å². The highest BCUT2D eigenvalue weighted by Gasteiger charge is 2.41. The number of hydrogen-bond acceptors (Lipinski definition) is 4. The van der Waals surface area contributed by atoms with Crippen LogP contribution in [0.5, 0.6) is 5.75 Å². The highest BCUT2D eigenvalue weighted by Crippen LogP contribution is 2.36. The molecular weight excluding hydrogens is 291 g/mol. The van der Waals surface area contributed by atoms with Crippen molar-refractivity contribution in [2.75, 3.05) is 6.61 Å². The van der Waals surface area contributed by atoms with E-state index in [-0.39, 0.29) is 29.9 Å². The molecule has 0 radical (unpaired) electrons. The Bertz CT molecular complexity index is 607. The van der Waals surface area contributed by atoms with E-state index >= 15 is 0 Å². The van der Waals surface area contributed by atoms with Crippen LogP contribution in [0.1, 0.15) is 42.1 Å². The van der Waals surface area contributed by atoms with Crippen LogP contribution in [0.4, 0.5) is 4.39 Å². The molecule has 1 saturated carbocycles. The van der Waals surface area contributed by atoms with Gasteiger partial charge in [0.2, 0.25) is 0 Å². The average molecular weight is 310 g/mol. The van der Waals surface area contributed by atoms with Gasteiger partial charge in [0, 0.05) is 11.5 Å². The number of rotatable bonds is 7. The van der Waals surface area contributed by atoms with Gasteiger partial charge in [-0.2, -0.15) is 0 Å². The normalized spacial score (nSPS) is 16.9. The molecule has 6 heteroatoms. The van der Waals surface area contributed by atoms with E-state index in [4.69, 9.17) is 9.84 Å². The predicted octanol–water partition coefficient (Wildman–Crippen LogP) is 2.33. The number of benzene rings is 1. The minimum absolute atomic E-state index is 0.0932. The van der Waals surface area contributed by atoms with Crippen molar-refractivity contribution in [3.63, 3.8) is 0 Å². The molecule has 0 aromatic heterocycles. The van der Waals surface area contributed by atoms with Crippen LogP contribution in [-0.2, 0) is 4.79 Å². The van der Waals surface area contributed by atoms with Crippen molar-refractivity contribution in [1.29, 1.82) is 0 Å². The lowest BCUT2D eigenvalue weighted by molar-refractivity contribution is -0.137. The SMILES string of the molecule is Cc1c(OCC2(O)CC2)ccc(C(=O)C(C)CC(=O)O)c1F. The first-order valence-electron chi connectivity index (χ1n) is 7.14. The number of ketones is 1. The van der Waals surface area contributed by atoms with Crippen LogP contribution in [0.3, 0.4) is 0 Å². The van der Waals surface area contributed by atoms with Crippen LogP contribution in [0.2, 0.25) is 0 Å². The van der Waals surface area contributed by atoms with E-state index in [1.165, 1.54) is 26.0 Å². The highest BCUT2D eigenvalue weighted by molar-refractivity contribution is 5.99. The zero-order valence-electron chi connectivity index (χ0n) is 12.6. The van der Waals surface area contributed by atoms with Gasteiger partial charge in [0.1, 0.15) is 18.2 Å². The van der Waals surface area contributed by atoms with Crippen LogP contribution in [0, 0.1) is 18.7 Å². The number of carbonyl (C=O) groups is 2. The van der Waals surface area contributed by atoms with Gasteiger partial charge >= 0.3 is 5.97 Å². The molecule has 0 heterocycles. The number of aliphatic carboxylic acids is 1. The topological polar surface area (TPSA) is 83.8 Å². The van der Waals surface area contributed by atoms with Gasteiger partial charge in [-0.15, -0.1) is 0 Å². The van der Waals surface area contributed by atoms with Crippen LogP contribution in [0.15, 0.2) is 12.1 Å². The fourth-order valence-electron chi connectivity index (χ4n) is 2.13.